The number of nitrogens with zero attached hydrogens (tertiary/aromatic N) is 1. The van der Waals surface area contributed by atoms with E-state index < -0.39 is 5.97 Å². The Morgan fingerprint density at radius 3 is 2.23 bits per heavy atom. The molecule has 1 atom stereocenters. The van der Waals surface area contributed by atoms with E-state index in [1.165, 1.54) is 19.1 Å². The summed E-state index contributed by atoms with van der Waals surface area (Å²) in [6.45, 7) is 5.19. The van der Waals surface area contributed by atoms with Gasteiger partial charge in [-0.05, 0) is 38.0 Å². The lowest BCUT2D eigenvalue weighted by Gasteiger charge is -2.28. The molecule has 0 bridgehead atoms. The second kappa shape index (κ2) is 7.68. The van der Waals surface area contributed by atoms with Crippen LogP contribution in [-0.2, 0) is 4.79 Å². The number of benzene rings is 1. The van der Waals surface area contributed by atoms with Gasteiger partial charge < -0.3 is 19.5 Å². The van der Waals surface area contributed by atoms with Crippen LogP contribution in [0.3, 0.4) is 0 Å². The van der Waals surface area contributed by atoms with Crippen LogP contribution in [0.5, 0.6) is 11.5 Å². The quantitative estimate of drug-likeness (QED) is 0.836. The average Bonchev–Trinajstić information content (AvgIpc) is 2.50. The van der Waals surface area contributed by atoms with Crippen molar-refractivity contribution in [1.29, 1.82) is 0 Å². The summed E-state index contributed by atoms with van der Waals surface area (Å²) in [6, 6.07) is 3.13. The predicted molar refractivity (Wildman–Crippen MR) is 82.7 cm³/mol. The van der Waals surface area contributed by atoms with Gasteiger partial charge in [0.05, 0.1) is 14.2 Å². The van der Waals surface area contributed by atoms with Crippen molar-refractivity contribution in [3.05, 3.63) is 23.3 Å². The number of rotatable bonds is 7. The molecule has 0 fully saturated rings. The maximum atomic E-state index is 12.7. The van der Waals surface area contributed by atoms with Gasteiger partial charge in [0.15, 0.2) is 11.5 Å². The summed E-state index contributed by atoms with van der Waals surface area (Å²) in [5.41, 5.74) is 1.13. The van der Waals surface area contributed by atoms with Gasteiger partial charge in [-0.15, -0.1) is 0 Å². The van der Waals surface area contributed by atoms with Crippen molar-refractivity contribution < 1.29 is 24.2 Å². The molecular formula is C16H23NO5. The molecule has 0 aliphatic carbocycles. The van der Waals surface area contributed by atoms with Crippen LogP contribution >= 0.6 is 0 Å². The van der Waals surface area contributed by atoms with Crippen LogP contribution in [0.25, 0.3) is 0 Å². The van der Waals surface area contributed by atoms with E-state index in [1.54, 1.807) is 19.1 Å². The number of amides is 1. The minimum absolute atomic E-state index is 0.170. The first-order chi connectivity index (χ1) is 10.3. The minimum Gasteiger partial charge on any atom is -0.493 e. The van der Waals surface area contributed by atoms with Gasteiger partial charge >= 0.3 is 5.97 Å². The lowest BCUT2D eigenvalue weighted by atomic mass is 10.0. The van der Waals surface area contributed by atoms with Gasteiger partial charge in [-0.25, -0.2) is 0 Å². The van der Waals surface area contributed by atoms with Crippen LogP contribution in [0.1, 0.15) is 36.2 Å². The predicted octanol–water partition coefficient (Wildman–Crippen LogP) is 2.34. The van der Waals surface area contributed by atoms with E-state index in [9.17, 15) is 9.59 Å². The van der Waals surface area contributed by atoms with Gasteiger partial charge in [0.2, 0.25) is 0 Å². The molecule has 0 aromatic heterocycles. The van der Waals surface area contributed by atoms with Crippen molar-refractivity contribution in [3.8, 4) is 11.5 Å². The number of hydrogen-bond acceptors (Lipinski definition) is 4. The van der Waals surface area contributed by atoms with Crippen LogP contribution in [0.4, 0.5) is 0 Å². The van der Waals surface area contributed by atoms with E-state index in [4.69, 9.17) is 14.6 Å². The largest absolute Gasteiger partial charge is 0.493 e. The molecule has 1 N–H and O–H groups in total. The Kier molecular flexibility index (Phi) is 6.22. The standard InChI is InChI=1S/C16H23NO5/c1-6-11(3)17(9-15(18)19)16(20)12-8-14(22-5)13(21-4)7-10(12)2/h7-8,11H,6,9H2,1-5H3,(H,18,19). The summed E-state index contributed by atoms with van der Waals surface area (Å²) in [6.07, 6.45) is 0.672. The van der Waals surface area contributed by atoms with Crippen molar-refractivity contribution in [1.82, 2.24) is 4.90 Å². The number of carboxylic acids is 1. The number of aryl methyl sites for hydroxylation is 1. The summed E-state index contributed by atoms with van der Waals surface area (Å²) in [5.74, 6) is -0.386. The molecule has 1 rings (SSSR count). The first-order valence-corrected chi connectivity index (χ1v) is 7.11. The number of ether oxygens (including phenoxy) is 2. The molecule has 0 radical (unpaired) electrons. The number of aliphatic carboxylic acids is 1. The van der Waals surface area contributed by atoms with Gasteiger partial charge in [0.1, 0.15) is 6.54 Å². The van der Waals surface area contributed by atoms with E-state index in [2.05, 4.69) is 0 Å². The zero-order valence-electron chi connectivity index (χ0n) is 13.7. The summed E-state index contributed by atoms with van der Waals surface area (Å²) in [7, 11) is 3.01. The molecule has 0 spiro atoms. The number of methoxy groups -OCH3 is 2. The van der Waals surface area contributed by atoms with Crippen LogP contribution in [-0.4, -0.2) is 48.7 Å². The second-order valence-corrected chi connectivity index (χ2v) is 5.11. The molecule has 0 aliphatic rings. The van der Waals surface area contributed by atoms with E-state index in [0.29, 0.717) is 29.0 Å². The molecule has 6 heteroatoms. The third-order valence-corrected chi connectivity index (χ3v) is 3.65. The summed E-state index contributed by atoms with van der Waals surface area (Å²) < 4.78 is 10.4. The fourth-order valence-electron chi connectivity index (χ4n) is 2.16. The van der Waals surface area contributed by atoms with Crippen molar-refractivity contribution in [3.63, 3.8) is 0 Å². The summed E-state index contributed by atoms with van der Waals surface area (Å²) in [5, 5.41) is 9.04. The Labute approximate surface area is 130 Å². The van der Waals surface area contributed by atoms with Gasteiger partial charge in [-0.3, -0.25) is 9.59 Å². The maximum Gasteiger partial charge on any atom is 0.323 e. The molecular weight excluding hydrogens is 286 g/mol. The number of carbonyl (C=O) groups is 2. The van der Waals surface area contributed by atoms with Crippen molar-refractivity contribution in [2.45, 2.75) is 33.2 Å². The SMILES string of the molecule is CCC(C)N(CC(=O)O)C(=O)c1cc(OC)c(OC)cc1C. The maximum absolute atomic E-state index is 12.7. The fourth-order valence-corrected chi connectivity index (χ4v) is 2.16. The minimum atomic E-state index is -1.04. The number of hydrogen-bond donors (Lipinski definition) is 1. The van der Waals surface area contributed by atoms with Crippen molar-refractivity contribution in [2.24, 2.45) is 0 Å². The molecule has 0 aliphatic heterocycles. The molecule has 0 saturated carbocycles. The Morgan fingerprint density at radius 2 is 1.77 bits per heavy atom. The first kappa shape index (κ1) is 17.8. The topological polar surface area (TPSA) is 76.1 Å². The van der Waals surface area contributed by atoms with Crippen LogP contribution < -0.4 is 9.47 Å². The lowest BCUT2D eigenvalue weighted by Crippen LogP contribution is -2.42. The van der Waals surface area contributed by atoms with Gasteiger partial charge in [0, 0.05) is 11.6 Å². The molecule has 22 heavy (non-hydrogen) atoms. The molecule has 1 amide bonds. The zero-order chi connectivity index (χ0) is 16.9. The highest BCUT2D eigenvalue weighted by atomic mass is 16.5. The van der Waals surface area contributed by atoms with E-state index in [1.807, 2.05) is 13.8 Å². The number of carbonyl (C=O) groups excluding carboxylic acids is 1. The first-order valence-electron chi connectivity index (χ1n) is 7.11. The molecule has 1 aromatic carbocycles. The average molecular weight is 309 g/mol. The van der Waals surface area contributed by atoms with Gasteiger partial charge in [-0.1, -0.05) is 6.92 Å². The zero-order valence-corrected chi connectivity index (χ0v) is 13.7. The molecule has 122 valence electrons. The summed E-state index contributed by atoms with van der Waals surface area (Å²) in [4.78, 5) is 25.1. The lowest BCUT2D eigenvalue weighted by molar-refractivity contribution is -0.138. The molecule has 6 nitrogen and oxygen atoms in total. The van der Waals surface area contributed by atoms with Crippen LogP contribution in [0.15, 0.2) is 12.1 Å². The Morgan fingerprint density at radius 1 is 1.23 bits per heavy atom. The Balaban J connectivity index is 3.26. The Bertz CT molecular complexity index is 556. The van der Waals surface area contributed by atoms with Gasteiger partial charge in [-0.2, -0.15) is 0 Å². The Hall–Kier alpha value is -2.24. The highest BCUT2D eigenvalue weighted by Crippen LogP contribution is 2.31. The second-order valence-electron chi connectivity index (χ2n) is 5.11. The van der Waals surface area contributed by atoms with Crippen molar-refractivity contribution >= 4 is 11.9 Å². The van der Waals surface area contributed by atoms with E-state index in [0.717, 1.165) is 0 Å². The molecule has 1 aromatic rings. The highest BCUT2D eigenvalue weighted by Gasteiger charge is 2.25. The van der Waals surface area contributed by atoms with E-state index in [-0.39, 0.29) is 18.5 Å². The van der Waals surface area contributed by atoms with Gasteiger partial charge in [0.25, 0.3) is 5.91 Å². The molecule has 1 unspecified atom stereocenters. The van der Waals surface area contributed by atoms with Crippen molar-refractivity contribution in [2.75, 3.05) is 20.8 Å². The normalized spacial score (nSPS) is 11.7. The molecule has 0 saturated heterocycles. The van der Waals surface area contributed by atoms with Crippen LogP contribution in [0.2, 0.25) is 0 Å². The summed E-state index contributed by atoms with van der Waals surface area (Å²) >= 11 is 0. The molecule has 0 heterocycles. The highest BCUT2D eigenvalue weighted by molar-refractivity contribution is 5.98. The third-order valence-electron chi connectivity index (χ3n) is 3.65. The monoisotopic (exact) mass is 309 g/mol. The smallest absolute Gasteiger partial charge is 0.323 e. The number of carboxylic acid groups (broad SMARTS) is 1. The van der Waals surface area contributed by atoms with E-state index >= 15 is 0 Å². The fraction of sp³-hybridized carbons (Fsp3) is 0.500. The van der Waals surface area contributed by atoms with Crippen LogP contribution in [0, 0.1) is 6.92 Å². The third kappa shape index (κ3) is 3.90.